The Morgan fingerprint density at radius 1 is 1.44 bits per heavy atom. The predicted molar refractivity (Wildman–Crippen MR) is 73.4 cm³/mol. The molecule has 0 bridgehead atoms. The number of hydrogen-bond donors (Lipinski definition) is 2. The zero-order chi connectivity index (χ0) is 12.3. The van der Waals surface area contributed by atoms with Gasteiger partial charge in [-0.05, 0) is 57.3 Å². The SMILES string of the molecule is CCC(C)(N)C(=O)Nc1c(Br)cccc1Br. The van der Waals surface area contributed by atoms with Crippen molar-refractivity contribution in [3.8, 4) is 0 Å². The van der Waals surface area contributed by atoms with Gasteiger partial charge in [-0.3, -0.25) is 4.79 Å². The van der Waals surface area contributed by atoms with Crippen LogP contribution < -0.4 is 11.1 Å². The highest BCUT2D eigenvalue weighted by Crippen LogP contribution is 2.31. The molecule has 0 saturated carbocycles. The van der Waals surface area contributed by atoms with Gasteiger partial charge < -0.3 is 11.1 Å². The second kappa shape index (κ2) is 5.29. The van der Waals surface area contributed by atoms with Crippen molar-refractivity contribution >= 4 is 43.5 Å². The first-order valence-corrected chi connectivity index (χ1v) is 6.51. The first-order valence-electron chi connectivity index (χ1n) is 4.93. The molecular weight excluding hydrogens is 336 g/mol. The van der Waals surface area contributed by atoms with Gasteiger partial charge in [0.25, 0.3) is 0 Å². The standard InChI is InChI=1S/C11H14Br2N2O/c1-3-11(2,14)10(16)15-9-7(12)5-4-6-8(9)13/h4-6H,3,14H2,1-2H3,(H,15,16). The van der Waals surface area contributed by atoms with Crippen LogP contribution in [0.5, 0.6) is 0 Å². The van der Waals surface area contributed by atoms with Gasteiger partial charge in [-0.15, -0.1) is 0 Å². The van der Waals surface area contributed by atoms with Crippen molar-refractivity contribution in [1.29, 1.82) is 0 Å². The predicted octanol–water partition coefficient (Wildman–Crippen LogP) is 3.28. The molecule has 0 aliphatic rings. The summed E-state index contributed by atoms with van der Waals surface area (Å²) in [5.74, 6) is -0.192. The minimum Gasteiger partial charge on any atom is -0.323 e. The molecule has 0 aromatic heterocycles. The van der Waals surface area contributed by atoms with E-state index in [1.54, 1.807) is 6.92 Å². The van der Waals surface area contributed by atoms with E-state index >= 15 is 0 Å². The smallest absolute Gasteiger partial charge is 0.244 e. The summed E-state index contributed by atoms with van der Waals surface area (Å²) in [6.07, 6.45) is 0.584. The fraction of sp³-hybridized carbons (Fsp3) is 0.364. The van der Waals surface area contributed by atoms with E-state index in [0.29, 0.717) is 12.1 Å². The first kappa shape index (κ1) is 13.7. The number of hydrogen-bond acceptors (Lipinski definition) is 2. The zero-order valence-electron chi connectivity index (χ0n) is 9.18. The summed E-state index contributed by atoms with van der Waals surface area (Å²) < 4.78 is 1.64. The quantitative estimate of drug-likeness (QED) is 0.879. The molecule has 3 nitrogen and oxygen atoms in total. The van der Waals surface area contributed by atoms with E-state index in [1.807, 2.05) is 25.1 Å². The highest BCUT2D eigenvalue weighted by atomic mass is 79.9. The number of nitrogens with one attached hydrogen (secondary N) is 1. The molecule has 1 rings (SSSR count). The molecule has 3 N–H and O–H groups in total. The highest BCUT2D eigenvalue weighted by molar-refractivity contribution is 9.11. The number of para-hydroxylation sites is 1. The van der Waals surface area contributed by atoms with Crippen LogP contribution in [-0.4, -0.2) is 11.4 Å². The van der Waals surface area contributed by atoms with Crippen molar-refractivity contribution in [3.05, 3.63) is 27.1 Å². The van der Waals surface area contributed by atoms with Crippen LogP contribution >= 0.6 is 31.9 Å². The van der Waals surface area contributed by atoms with E-state index < -0.39 is 5.54 Å². The van der Waals surface area contributed by atoms with Gasteiger partial charge >= 0.3 is 0 Å². The summed E-state index contributed by atoms with van der Waals surface area (Å²) in [6.45, 7) is 3.60. The van der Waals surface area contributed by atoms with Gasteiger partial charge in [-0.25, -0.2) is 0 Å². The van der Waals surface area contributed by atoms with Crippen molar-refractivity contribution in [2.75, 3.05) is 5.32 Å². The minimum absolute atomic E-state index is 0.192. The summed E-state index contributed by atoms with van der Waals surface area (Å²) >= 11 is 6.76. The van der Waals surface area contributed by atoms with Crippen molar-refractivity contribution < 1.29 is 4.79 Å². The monoisotopic (exact) mass is 348 g/mol. The summed E-state index contributed by atoms with van der Waals surface area (Å²) in [6, 6.07) is 5.60. The third kappa shape index (κ3) is 3.06. The maximum Gasteiger partial charge on any atom is 0.244 e. The van der Waals surface area contributed by atoms with Gasteiger partial charge in [0.2, 0.25) is 5.91 Å². The van der Waals surface area contributed by atoms with Gasteiger partial charge in [-0.1, -0.05) is 13.0 Å². The van der Waals surface area contributed by atoms with Crippen LogP contribution in [0.15, 0.2) is 27.1 Å². The Balaban J connectivity index is 2.94. The number of amides is 1. The van der Waals surface area contributed by atoms with Crippen LogP contribution in [0.4, 0.5) is 5.69 Å². The fourth-order valence-corrected chi connectivity index (χ4v) is 2.23. The molecule has 0 radical (unpaired) electrons. The van der Waals surface area contributed by atoms with Crippen molar-refractivity contribution in [2.45, 2.75) is 25.8 Å². The van der Waals surface area contributed by atoms with E-state index in [1.165, 1.54) is 0 Å². The maximum absolute atomic E-state index is 11.9. The maximum atomic E-state index is 11.9. The number of carbonyl (C=O) groups excluding carboxylic acids is 1. The Labute approximate surface area is 112 Å². The number of halogens is 2. The van der Waals surface area contributed by atoms with Crippen LogP contribution in [0, 0.1) is 0 Å². The average molecular weight is 350 g/mol. The number of benzene rings is 1. The molecular formula is C11H14Br2N2O. The van der Waals surface area contributed by atoms with E-state index in [9.17, 15) is 4.79 Å². The fourth-order valence-electron chi connectivity index (χ4n) is 1.03. The van der Waals surface area contributed by atoms with Crippen LogP contribution in [-0.2, 0) is 4.79 Å². The lowest BCUT2D eigenvalue weighted by atomic mass is 9.99. The minimum atomic E-state index is -0.852. The van der Waals surface area contributed by atoms with Gasteiger partial charge in [0.1, 0.15) is 0 Å². The number of nitrogens with two attached hydrogens (primary N) is 1. The molecule has 1 unspecified atom stereocenters. The summed E-state index contributed by atoms with van der Waals surface area (Å²) in [5.41, 5.74) is 5.72. The Hall–Kier alpha value is -0.390. The van der Waals surface area contributed by atoms with Crippen LogP contribution in [0.2, 0.25) is 0 Å². The molecule has 16 heavy (non-hydrogen) atoms. The van der Waals surface area contributed by atoms with Gasteiger partial charge in [0, 0.05) is 8.95 Å². The van der Waals surface area contributed by atoms with Gasteiger partial charge in [0.15, 0.2) is 0 Å². The van der Waals surface area contributed by atoms with Crippen molar-refractivity contribution in [3.63, 3.8) is 0 Å². The molecule has 1 aromatic carbocycles. The molecule has 0 aliphatic heterocycles. The Morgan fingerprint density at radius 2 is 1.94 bits per heavy atom. The van der Waals surface area contributed by atoms with E-state index in [2.05, 4.69) is 37.2 Å². The molecule has 0 saturated heterocycles. The number of anilines is 1. The van der Waals surface area contributed by atoms with Crippen molar-refractivity contribution in [1.82, 2.24) is 0 Å². The second-order valence-electron chi connectivity index (χ2n) is 3.82. The lowest BCUT2D eigenvalue weighted by molar-refractivity contribution is -0.120. The van der Waals surface area contributed by atoms with Gasteiger partial charge in [-0.2, -0.15) is 0 Å². The summed E-state index contributed by atoms with van der Waals surface area (Å²) in [5, 5.41) is 2.81. The number of rotatable bonds is 3. The van der Waals surface area contributed by atoms with E-state index in [-0.39, 0.29) is 5.91 Å². The van der Waals surface area contributed by atoms with E-state index in [4.69, 9.17) is 5.73 Å². The molecule has 1 aromatic rings. The second-order valence-corrected chi connectivity index (χ2v) is 5.53. The molecule has 5 heteroatoms. The normalized spacial score (nSPS) is 14.3. The molecule has 1 atom stereocenters. The zero-order valence-corrected chi connectivity index (χ0v) is 12.4. The lowest BCUT2D eigenvalue weighted by Gasteiger charge is -2.22. The Morgan fingerprint density at radius 3 is 2.38 bits per heavy atom. The van der Waals surface area contributed by atoms with Crippen LogP contribution in [0.25, 0.3) is 0 Å². The average Bonchev–Trinajstić information content (AvgIpc) is 2.23. The molecule has 88 valence electrons. The molecule has 0 aliphatic carbocycles. The highest BCUT2D eigenvalue weighted by Gasteiger charge is 2.26. The molecule has 1 amide bonds. The topological polar surface area (TPSA) is 55.1 Å². The molecule has 0 heterocycles. The van der Waals surface area contributed by atoms with Crippen molar-refractivity contribution in [2.24, 2.45) is 5.73 Å². The first-order chi connectivity index (χ1) is 7.38. The third-order valence-corrected chi connectivity index (χ3v) is 3.78. The van der Waals surface area contributed by atoms with Crippen LogP contribution in [0.1, 0.15) is 20.3 Å². The lowest BCUT2D eigenvalue weighted by Crippen LogP contribution is -2.47. The Kier molecular flexibility index (Phi) is 4.52. The number of carbonyl (C=O) groups is 1. The van der Waals surface area contributed by atoms with Gasteiger partial charge in [0.05, 0.1) is 11.2 Å². The summed E-state index contributed by atoms with van der Waals surface area (Å²) in [4.78, 5) is 11.9. The molecule has 0 fully saturated rings. The third-order valence-electron chi connectivity index (χ3n) is 2.45. The van der Waals surface area contributed by atoms with Crippen LogP contribution in [0.3, 0.4) is 0 Å². The molecule has 0 spiro atoms. The van der Waals surface area contributed by atoms with E-state index in [0.717, 1.165) is 8.95 Å². The largest absolute Gasteiger partial charge is 0.323 e. The summed E-state index contributed by atoms with van der Waals surface area (Å²) in [7, 11) is 0. The Bertz CT molecular complexity index is 385.